The summed E-state index contributed by atoms with van der Waals surface area (Å²) in [5, 5.41) is 8.67. The maximum atomic E-state index is 14.9. The summed E-state index contributed by atoms with van der Waals surface area (Å²) in [5.74, 6) is -2.30. The van der Waals surface area contributed by atoms with E-state index in [1.54, 1.807) is 15.6 Å². The smallest absolute Gasteiger partial charge is 0.350 e. The quantitative estimate of drug-likeness (QED) is 0.147. The number of rotatable bonds is 12. The van der Waals surface area contributed by atoms with Gasteiger partial charge in [0.2, 0.25) is 5.79 Å². The molecule has 0 saturated carbocycles. The van der Waals surface area contributed by atoms with Gasteiger partial charge < -0.3 is 24.0 Å². The summed E-state index contributed by atoms with van der Waals surface area (Å²) in [6.07, 6.45) is 5.77. The lowest BCUT2D eigenvalue weighted by molar-refractivity contribution is -0.192. The van der Waals surface area contributed by atoms with Crippen molar-refractivity contribution in [2.75, 3.05) is 62.3 Å². The Morgan fingerprint density at radius 2 is 1.49 bits per heavy atom. The van der Waals surface area contributed by atoms with Crippen molar-refractivity contribution >= 4 is 11.4 Å². The molecule has 6 aromatic rings. The Kier molecular flexibility index (Phi) is 11.0. The van der Waals surface area contributed by atoms with Gasteiger partial charge in [0.1, 0.15) is 55.6 Å². The zero-order chi connectivity index (χ0) is 40.3. The molecule has 3 saturated heterocycles. The van der Waals surface area contributed by atoms with Gasteiger partial charge >= 0.3 is 5.69 Å². The Morgan fingerprint density at radius 3 is 2.15 bits per heavy atom. The van der Waals surface area contributed by atoms with E-state index in [0.29, 0.717) is 11.8 Å². The van der Waals surface area contributed by atoms with Gasteiger partial charge in [0, 0.05) is 68.3 Å². The van der Waals surface area contributed by atoms with Crippen molar-refractivity contribution in [3.8, 4) is 11.4 Å². The van der Waals surface area contributed by atoms with E-state index in [0.717, 1.165) is 75.2 Å². The second-order valence-electron chi connectivity index (χ2n) is 15.4. The fourth-order valence-corrected chi connectivity index (χ4v) is 8.48. The predicted octanol–water partition coefficient (Wildman–Crippen LogP) is 5.98. The molecule has 3 aliphatic rings. The number of benzene rings is 4. The lowest BCUT2D eigenvalue weighted by atomic mass is 10.0. The van der Waals surface area contributed by atoms with Crippen molar-refractivity contribution < 1.29 is 23.0 Å². The molecule has 15 heteroatoms. The van der Waals surface area contributed by atoms with Crippen LogP contribution in [0.1, 0.15) is 43.0 Å². The highest BCUT2D eigenvalue weighted by atomic mass is 19.1. The van der Waals surface area contributed by atoms with Crippen LogP contribution in [0.25, 0.3) is 5.69 Å². The molecular formula is C44H47F2N9O4. The minimum absolute atomic E-state index is 0.0307. The van der Waals surface area contributed by atoms with Crippen LogP contribution >= 0.6 is 0 Å². The molecule has 0 spiro atoms. The van der Waals surface area contributed by atoms with Gasteiger partial charge in [-0.3, -0.25) is 4.90 Å². The van der Waals surface area contributed by atoms with Crippen LogP contribution in [0, 0.1) is 11.6 Å². The molecule has 4 aromatic carbocycles. The number of halogens is 2. The van der Waals surface area contributed by atoms with E-state index in [-0.39, 0.29) is 37.1 Å². The van der Waals surface area contributed by atoms with E-state index in [1.807, 2.05) is 42.5 Å². The highest BCUT2D eigenvalue weighted by molar-refractivity contribution is 5.54. The summed E-state index contributed by atoms with van der Waals surface area (Å²) in [4.78, 5) is 24.7. The third-order valence-corrected chi connectivity index (χ3v) is 11.8. The summed E-state index contributed by atoms with van der Waals surface area (Å²) < 4.78 is 51.9. The molecule has 9 rings (SSSR count). The molecule has 2 aromatic heterocycles. The molecule has 0 N–H and O–H groups in total. The predicted molar refractivity (Wildman–Crippen MR) is 218 cm³/mol. The zero-order valence-electron chi connectivity index (χ0n) is 32.9. The van der Waals surface area contributed by atoms with Crippen LogP contribution in [-0.4, -0.2) is 92.6 Å². The average molecular weight is 804 g/mol. The van der Waals surface area contributed by atoms with Gasteiger partial charge in [-0.2, -0.15) is 10.2 Å². The maximum absolute atomic E-state index is 14.9. The van der Waals surface area contributed by atoms with Gasteiger partial charge in [0.15, 0.2) is 0 Å². The summed E-state index contributed by atoms with van der Waals surface area (Å²) >= 11 is 0. The number of aromatic nitrogens is 6. The SMILES string of the molecule is CC(c1ccccc1)N1CCC(n2ncn(-c3ccc(N4CCN(c5ccc(OC[C@@H]6CO[C@@](Cn7cncn7)(c7ccc(F)cc7F)O6)cc5)CC4)cc3)c2=O)CC1. The molecule has 3 fully saturated rings. The number of piperazine rings is 1. The molecule has 3 atom stereocenters. The minimum Gasteiger partial charge on any atom is -0.491 e. The van der Waals surface area contributed by atoms with Crippen LogP contribution in [0.2, 0.25) is 0 Å². The molecule has 0 aliphatic carbocycles. The molecule has 306 valence electrons. The fraction of sp³-hybridized carbons (Fsp3) is 0.364. The number of ether oxygens (including phenoxy) is 3. The molecule has 59 heavy (non-hydrogen) atoms. The summed E-state index contributed by atoms with van der Waals surface area (Å²) in [6.45, 7) is 7.84. The van der Waals surface area contributed by atoms with Gasteiger partial charge in [-0.15, -0.1) is 0 Å². The first kappa shape index (κ1) is 38.6. The lowest BCUT2D eigenvalue weighted by Gasteiger charge is -2.37. The molecule has 13 nitrogen and oxygen atoms in total. The van der Waals surface area contributed by atoms with E-state index in [4.69, 9.17) is 14.2 Å². The van der Waals surface area contributed by atoms with Crippen molar-refractivity contribution in [2.45, 2.75) is 50.3 Å². The number of nitrogens with zero attached hydrogens (tertiary/aromatic N) is 9. The lowest BCUT2D eigenvalue weighted by Crippen LogP contribution is -2.46. The number of anilines is 2. The summed E-state index contributed by atoms with van der Waals surface area (Å²) in [7, 11) is 0. The number of piperidine rings is 1. The highest BCUT2D eigenvalue weighted by Gasteiger charge is 2.46. The van der Waals surface area contributed by atoms with E-state index < -0.39 is 23.5 Å². The zero-order valence-corrected chi connectivity index (χ0v) is 32.9. The first-order chi connectivity index (χ1) is 28.8. The molecule has 0 bridgehead atoms. The molecular weight excluding hydrogens is 757 g/mol. The van der Waals surface area contributed by atoms with Gasteiger partial charge in [-0.25, -0.2) is 32.5 Å². The highest BCUT2D eigenvalue weighted by Crippen LogP contribution is 2.38. The van der Waals surface area contributed by atoms with Gasteiger partial charge in [0.25, 0.3) is 0 Å². The Hall–Kier alpha value is -5.90. The van der Waals surface area contributed by atoms with Gasteiger partial charge in [0.05, 0.1) is 18.3 Å². The monoisotopic (exact) mass is 803 g/mol. The van der Waals surface area contributed by atoms with Gasteiger partial charge in [-0.1, -0.05) is 30.3 Å². The first-order valence-corrected chi connectivity index (χ1v) is 20.2. The average Bonchev–Trinajstić information content (AvgIpc) is 4.04. The second kappa shape index (κ2) is 16.8. The summed E-state index contributed by atoms with van der Waals surface area (Å²) in [5.41, 5.74) is 4.31. The largest absolute Gasteiger partial charge is 0.491 e. The third-order valence-electron chi connectivity index (χ3n) is 11.8. The van der Waals surface area contributed by atoms with Crippen molar-refractivity contribution in [1.82, 2.24) is 34.0 Å². The van der Waals surface area contributed by atoms with Gasteiger partial charge in [-0.05, 0) is 86.0 Å². The van der Waals surface area contributed by atoms with Crippen LogP contribution in [0.5, 0.6) is 5.75 Å². The molecule has 5 heterocycles. The minimum atomic E-state index is -1.52. The fourth-order valence-electron chi connectivity index (χ4n) is 8.48. The standard InChI is InChI=1S/C44H47F2N9O4/c1-32(33-5-3-2-4-6-33)50-19-17-38(18-20-50)55-43(56)54(31-49-55)37-10-8-35(9-11-37)51-21-23-52(24-22-51)36-12-14-39(15-13-36)57-26-40-27-58-44(59-40,28-53-30-47-29-48-53)41-16-7-34(45)25-42(41)46/h2-16,25,29-32,38,40H,17-24,26-28H2,1H3/t32?,40-,44-/m1/s1. The molecule has 1 unspecified atom stereocenters. The van der Waals surface area contributed by atoms with E-state index in [2.05, 4.69) is 73.2 Å². The van der Waals surface area contributed by atoms with E-state index >= 15 is 0 Å². The van der Waals surface area contributed by atoms with E-state index in [9.17, 15) is 13.6 Å². The second-order valence-corrected chi connectivity index (χ2v) is 15.4. The Balaban J connectivity index is 0.755. The summed E-state index contributed by atoms with van der Waals surface area (Å²) in [6, 6.07) is 30.4. The van der Waals surface area contributed by atoms with Crippen molar-refractivity contribution in [2.24, 2.45) is 0 Å². The Morgan fingerprint density at radius 1 is 0.814 bits per heavy atom. The number of hydrogen-bond acceptors (Lipinski definition) is 10. The molecule has 0 radical (unpaired) electrons. The number of hydrogen-bond donors (Lipinski definition) is 0. The topological polar surface area (TPSA) is 108 Å². The number of likely N-dealkylation sites (tertiary alicyclic amines) is 1. The Labute approximate surface area is 341 Å². The normalized spacial score (nSPS) is 20.9. The van der Waals surface area contributed by atoms with E-state index in [1.165, 1.54) is 35.0 Å². The van der Waals surface area contributed by atoms with Crippen LogP contribution in [-0.2, 0) is 21.8 Å². The maximum Gasteiger partial charge on any atom is 0.350 e. The van der Waals surface area contributed by atoms with Crippen LogP contribution < -0.4 is 20.2 Å². The molecule has 3 aliphatic heterocycles. The van der Waals surface area contributed by atoms with Crippen LogP contribution in [0.4, 0.5) is 20.2 Å². The van der Waals surface area contributed by atoms with Crippen molar-refractivity contribution in [1.29, 1.82) is 0 Å². The van der Waals surface area contributed by atoms with Crippen LogP contribution in [0.3, 0.4) is 0 Å². The van der Waals surface area contributed by atoms with Crippen LogP contribution in [0.15, 0.2) is 121 Å². The molecule has 0 amide bonds. The third kappa shape index (κ3) is 8.22. The van der Waals surface area contributed by atoms with Crippen molar-refractivity contribution in [3.05, 3.63) is 149 Å². The Bertz CT molecular complexity index is 2360. The van der Waals surface area contributed by atoms with Crippen molar-refractivity contribution in [3.63, 3.8) is 0 Å². The first-order valence-electron chi connectivity index (χ1n) is 20.2.